The molecule has 0 spiro atoms. The average molecular weight is 346 g/mol. The van der Waals surface area contributed by atoms with E-state index in [2.05, 4.69) is 25.6 Å². The van der Waals surface area contributed by atoms with E-state index in [1.54, 1.807) is 23.5 Å². The zero-order valence-electron chi connectivity index (χ0n) is 12.4. The maximum atomic E-state index is 12.8. The number of alkyl halides is 2. The van der Waals surface area contributed by atoms with Crippen LogP contribution in [-0.2, 0) is 6.42 Å². The van der Waals surface area contributed by atoms with Crippen LogP contribution in [0.4, 0.5) is 14.6 Å². The highest BCUT2D eigenvalue weighted by Gasteiger charge is 2.16. The fraction of sp³-hybridized carbons (Fsp3) is 0.200. The summed E-state index contributed by atoms with van der Waals surface area (Å²) in [5.74, 6) is 0.0325. The van der Waals surface area contributed by atoms with Crippen LogP contribution < -0.4 is 5.32 Å². The van der Waals surface area contributed by atoms with Crippen LogP contribution in [-0.4, -0.2) is 31.3 Å². The maximum Gasteiger partial charge on any atom is 0.299 e. The molecule has 1 N–H and O–H groups in total. The number of hydrogen-bond donors (Lipinski definition) is 1. The van der Waals surface area contributed by atoms with Crippen molar-refractivity contribution in [1.29, 1.82) is 0 Å². The second-order valence-electron chi connectivity index (χ2n) is 5.10. The molecule has 6 nitrogen and oxygen atoms in total. The Morgan fingerprint density at radius 3 is 2.83 bits per heavy atom. The average Bonchev–Trinajstić information content (AvgIpc) is 3.17. The summed E-state index contributed by atoms with van der Waals surface area (Å²) < 4.78 is 27.9. The molecule has 4 aromatic rings. The molecular weight excluding hydrogens is 334 g/mol. The Labute approximate surface area is 139 Å². The molecule has 4 rings (SSSR count). The predicted octanol–water partition coefficient (Wildman–Crippen LogP) is 3.33. The summed E-state index contributed by atoms with van der Waals surface area (Å²) in [4.78, 5) is 4.56. The molecular formula is C15H12F2N6S. The van der Waals surface area contributed by atoms with Gasteiger partial charge in [-0.25, -0.2) is 13.8 Å². The molecule has 0 amide bonds. The molecule has 0 saturated carbocycles. The van der Waals surface area contributed by atoms with E-state index in [0.717, 1.165) is 26.2 Å². The van der Waals surface area contributed by atoms with Crippen molar-refractivity contribution < 1.29 is 8.78 Å². The monoisotopic (exact) mass is 346 g/mol. The molecule has 0 bridgehead atoms. The molecule has 0 aliphatic heterocycles. The number of halogens is 2. The first-order chi connectivity index (χ1) is 11.7. The number of aromatic nitrogens is 5. The van der Waals surface area contributed by atoms with E-state index >= 15 is 0 Å². The molecule has 122 valence electrons. The lowest BCUT2D eigenvalue weighted by molar-refractivity contribution is 0.137. The molecule has 0 aliphatic rings. The standard InChI is InChI=1S/C15H12F2N6S/c16-14(17)15-21-20-12-6-5-11(22-23(12)15)18-8-7-13-19-9-3-1-2-4-10(9)24-13/h1-6,14H,7-8H2,(H,18,22). The van der Waals surface area contributed by atoms with E-state index in [1.165, 1.54) is 0 Å². The van der Waals surface area contributed by atoms with Crippen molar-refractivity contribution in [3.63, 3.8) is 0 Å². The van der Waals surface area contributed by atoms with Crippen molar-refractivity contribution in [2.45, 2.75) is 12.8 Å². The number of rotatable bonds is 5. The molecule has 3 heterocycles. The molecule has 24 heavy (non-hydrogen) atoms. The van der Waals surface area contributed by atoms with E-state index in [4.69, 9.17) is 0 Å². The Morgan fingerprint density at radius 2 is 2.00 bits per heavy atom. The second-order valence-corrected chi connectivity index (χ2v) is 6.21. The minimum Gasteiger partial charge on any atom is -0.368 e. The largest absolute Gasteiger partial charge is 0.368 e. The predicted molar refractivity (Wildman–Crippen MR) is 87.6 cm³/mol. The van der Waals surface area contributed by atoms with Crippen LogP contribution in [0.5, 0.6) is 0 Å². The van der Waals surface area contributed by atoms with Crippen molar-refractivity contribution in [2.24, 2.45) is 0 Å². The van der Waals surface area contributed by atoms with Crippen LogP contribution in [0.2, 0.25) is 0 Å². The summed E-state index contributed by atoms with van der Waals surface area (Å²) in [5, 5.41) is 15.4. The zero-order chi connectivity index (χ0) is 16.5. The highest BCUT2D eigenvalue weighted by Crippen LogP contribution is 2.22. The number of nitrogens with zero attached hydrogens (tertiary/aromatic N) is 5. The third kappa shape index (κ3) is 2.78. The first-order valence-corrected chi connectivity index (χ1v) is 8.11. The zero-order valence-corrected chi connectivity index (χ0v) is 13.2. The van der Waals surface area contributed by atoms with Crippen molar-refractivity contribution >= 4 is 33.0 Å². The SMILES string of the molecule is FC(F)c1nnc2ccc(NCCc3nc4ccccc4s3)nn12. The van der Waals surface area contributed by atoms with Gasteiger partial charge in [0.1, 0.15) is 5.82 Å². The van der Waals surface area contributed by atoms with Gasteiger partial charge in [0.05, 0.1) is 15.2 Å². The summed E-state index contributed by atoms with van der Waals surface area (Å²) >= 11 is 1.65. The van der Waals surface area contributed by atoms with Gasteiger partial charge in [-0.3, -0.25) is 0 Å². The van der Waals surface area contributed by atoms with Gasteiger partial charge < -0.3 is 5.32 Å². The molecule has 0 aliphatic carbocycles. The molecule has 0 radical (unpaired) electrons. The molecule has 0 atom stereocenters. The minimum atomic E-state index is -2.72. The molecule has 0 saturated heterocycles. The molecule has 1 aromatic carbocycles. The molecule has 9 heteroatoms. The van der Waals surface area contributed by atoms with Crippen LogP contribution in [0.25, 0.3) is 15.9 Å². The molecule has 0 unspecified atom stereocenters. The van der Waals surface area contributed by atoms with Gasteiger partial charge in [0.2, 0.25) is 5.82 Å². The molecule has 3 aromatic heterocycles. The Kier molecular flexibility index (Phi) is 3.77. The molecule has 0 fully saturated rings. The van der Waals surface area contributed by atoms with E-state index < -0.39 is 12.2 Å². The van der Waals surface area contributed by atoms with Crippen molar-refractivity contribution in [3.8, 4) is 0 Å². The number of benzene rings is 1. The van der Waals surface area contributed by atoms with Gasteiger partial charge >= 0.3 is 0 Å². The van der Waals surface area contributed by atoms with Crippen molar-refractivity contribution in [3.05, 3.63) is 47.2 Å². The van der Waals surface area contributed by atoms with Crippen LogP contribution >= 0.6 is 11.3 Å². The normalized spacial score (nSPS) is 11.6. The van der Waals surface area contributed by atoms with Gasteiger partial charge in [0, 0.05) is 13.0 Å². The topological polar surface area (TPSA) is 68.0 Å². The summed E-state index contributed by atoms with van der Waals surface area (Å²) in [7, 11) is 0. The van der Waals surface area contributed by atoms with Crippen molar-refractivity contribution in [2.75, 3.05) is 11.9 Å². The fourth-order valence-electron chi connectivity index (χ4n) is 2.36. The Morgan fingerprint density at radius 1 is 1.12 bits per heavy atom. The number of thiazole rings is 1. The van der Waals surface area contributed by atoms with Gasteiger partial charge in [-0.15, -0.1) is 26.6 Å². The number of fused-ring (bicyclic) bond motifs is 2. The van der Waals surface area contributed by atoms with E-state index in [9.17, 15) is 8.78 Å². The van der Waals surface area contributed by atoms with E-state index in [-0.39, 0.29) is 0 Å². The first-order valence-electron chi connectivity index (χ1n) is 7.29. The second kappa shape index (κ2) is 6.08. The van der Waals surface area contributed by atoms with E-state index in [0.29, 0.717) is 18.0 Å². The number of anilines is 1. The van der Waals surface area contributed by atoms with Gasteiger partial charge in [-0.2, -0.15) is 4.52 Å². The van der Waals surface area contributed by atoms with Gasteiger partial charge in [0.15, 0.2) is 5.65 Å². The quantitative estimate of drug-likeness (QED) is 0.600. The highest BCUT2D eigenvalue weighted by atomic mass is 32.1. The Hall–Kier alpha value is -2.68. The Bertz CT molecular complexity index is 963. The first kappa shape index (κ1) is 14.9. The van der Waals surface area contributed by atoms with Crippen LogP contribution in [0.3, 0.4) is 0 Å². The van der Waals surface area contributed by atoms with E-state index in [1.807, 2.05) is 24.3 Å². The lowest BCUT2D eigenvalue weighted by Crippen LogP contribution is -2.09. The summed E-state index contributed by atoms with van der Waals surface area (Å²) in [6.45, 7) is 0.602. The summed E-state index contributed by atoms with van der Waals surface area (Å²) in [6, 6.07) is 11.3. The number of hydrogen-bond acceptors (Lipinski definition) is 6. The van der Waals surface area contributed by atoms with Gasteiger partial charge in [-0.05, 0) is 24.3 Å². The summed E-state index contributed by atoms with van der Waals surface area (Å²) in [6.07, 6.45) is -1.99. The van der Waals surface area contributed by atoms with Crippen molar-refractivity contribution in [1.82, 2.24) is 24.8 Å². The smallest absolute Gasteiger partial charge is 0.299 e. The lowest BCUT2D eigenvalue weighted by atomic mass is 10.3. The van der Waals surface area contributed by atoms with Crippen LogP contribution in [0, 0.1) is 0 Å². The number of para-hydroxylation sites is 1. The lowest BCUT2D eigenvalue weighted by Gasteiger charge is -2.05. The minimum absolute atomic E-state index is 0.294. The highest BCUT2D eigenvalue weighted by molar-refractivity contribution is 7.18. The van der Waals surface area contributed by atoms with Gasteiger partial charge in [0.25, 0.3) is 6.43 Å². The summed E-state index contributed by atoms with van der Waals surface area (Å²) in [5.41, 5.74) is 1.28. The maximum absolute atomic E-state index is 12.8. The Balaban J connectivity index is 1.47. The third-order valence-electron chi connectivity index (χ3n) is 3.47. The fourth-order valence-corrected chi connectivity index (χ4v) is 3.33. The third-order valence-corrected chi connectivity index (χ3v) is 4.56. The van der Waals surface area contributed by atoms with Crippen LogP contribution in [0.15, 0.2) is 36.4 Å². The van der Waals surface area contributed by atoms with Gasteiger partial charge in [-0.1, -0.05) is 12.1 Å². The van der Waals surface area contributed by atoms with Crippen LogP contribution in [0.1, 0.15) is 17.3 Å². The number of nitrogens with one attached hydrogen (secondary N) is 1.